The summed E-state index contributed by atoms with van der Waals surface area (Å²) in [5.41, 5.74) is 0. The van der Waals surface area contributed by atoms with E-state index < -0.39 is 0 Å². The lowest BCUT2D eigenvalue weighted by atomic mass is 9.95. The molecule has 1 saturated heterocycles. The van der Waals surface area contributed by atoms with Crippen molar-refractivity contribution in [1.29, 1.82) is 0 Å². The molecule has 6 nitrogen and oxygen atoms in total. The van der Waals surface area contributed by atoms with Crippen molar-refractivity contribution in [1.82, 2.24) is 20.4 Å². The summed E-state index contributed by atoms with van der Waals surface area (Å²) in [6.45, 7) is 9.18. The van der Waals surface area contributed by atoms with E-state index in [1.807, 2.05) is 0 Å². The standard InChI is InChI=1S/C20H37N5O/c1-13(2)25-11-14(3)18(12-25)23-20(21-10-19(26)24(4)5)22-17-9-15-6-7-16(17)8-15/h13-18H,6-12H2,1-5H3,(H2,21,22,23). The van der Waals surface area contributed by atoms with E-state index in [2.05, 4.69) is 41.3 Å². The van der Waals surface area contributed by atoms with Crippen molar-refractivity contribution in [2.75, 3.05) is 33.7 Å². The fourth-order valence-corrected chi connectivity index (χ4v) is 4.81. The molecule has 1 heterocycles. The predicted octanol–water partition coefficient (Wildman–Crippen LogP) is 1.53. The van der Waals surface area contributed by atoms with Crippen LogP contribution in [0.4, 0.5) is 0 Å². The molecule has 2 N–H and O–H groups in total. The van der Waals surface area contributed by atoms with Gasteiger partial charge >= 0.3 is 0 Å². The van der Waals surface area contributed by atoms with E-state index in [4.69, 9.17) is 0 Å². The van der Waals surface area contributed by atoms with E-state index >= 15 is 0 Å². The second-order valence-electron chi connectivity index (χ2n) is 9.15. The molecule has 5 atom stereocenters. The van der Waals surface area contributed by atoms with Gasteiger partial charge in [0.25, 0.3) is 0 Å². The molecule has 1 amide bonds. The predicted molar refractivity (Wildman–Crippen MR) is 106 cm³/mol. The minimum atomic E-state index is 0.0438. The minimum absolute atomic E-state index is 0.0438. The molecule has 26 heavy (non-hydrogen) atoms. The van der Waals surface area contributed by atoms with Crippen LogP contribution in [-0.4, -0.2) is 73.5 Å². The van der Waals surface area contributed by atoms with E-state index in [1.165, 1.54) is 25.7 Å². The van der Waals surface area contributed by atoms with Gasteiger partial charge in [0, 0.05) is 45.3 Å². The summed E-state index contributed by atoms with van der Waals surface area (Å²) in [4.78, 5) is 20.8. The largest absolute Gasteiger partial charge is 0.353 e. The highest BCUT2D eigenvalue weighted by Crippen LogP contribution is 2.44. The third-order valence-electron chi connectivity index (χ3n) is 6.62. The number of rotatable bonds is 5. The van der Waals surface area contributed by atoms with Gasteiger partial charge in [-0.05, 0) is 50.9 Å². The van der Waals surface area contributed by atoms with Gasteiger partial charge in [0.05, 0.1) is 0 Å². The third-order valence-corrected chi connectivity index (χ3v) is 6.62. The number of likely N-dealkylation sites (tertiary alicyclic amines) is 1. The Morgan fingerprint density at radius 1 is 1.15 bits per heavy atom. The summed E-state index contributed by atoms with van der Waals surface area (Å²) in [7, 11) is 3.57. The van der Waals surface area contributed by atoms with Crippen LogP contribution in [-0.2, 0) is 4.79 Å². The number of aliphatic imine (C=N–C) groups is 1. The number of fused-ring (bicyclic) bond motifs is 2. The summed E-state index contributed by atoms with van der Waals surface area (Å²) in [5, 5.41) is 7.34. The molecule has 3 fully saturated rings. The SMILES string of the molecule is CC1CN(C(C)C)CC1NC(=NCC(=O)N(C)C)NC1CC2CCC1C2. The molecule has 0 aromatic heterocycles. The quantitative estimate of drug-likeness (QED) is 0.574. The number of carbonyl (C=O) groups is 1. The van der Waals surface area contributed by atoms with Gasteiger partial charge in [-0.15, -0.1) is 0 Å². The average Bonchev–Trinajstić information content (AvgIpc) is 3.28. The van der Waals surface area contributed by atoms with E-state index in [-0.39, 0.29) is 12.5 Å². The van der Waals surface area contributed by atoms with Crippen molar-refractivity contribution >= 4 is 11.9 Å². The molecule has 6 heteroatoms. The molecule has 1 aliphatic heterocycles. The lowest BCUT2D eigenvalue weighted by Crippen LogP contribution is -2.51. The maximum absolute atomic E-state index is 12.0. The topological polar surface area (TPSA) is 60.0 Å². The first-order valence-electron chi connectivity index (χ1n) is 10.3. The van der Waals surface area contributed by atoms with Crippen molar-refractivity contribution in [2.45, 2.75) is 64.6 Å². The number of carbonyl (C=O) groups excluding carboxylic acids is 1. The highest BCUT2D eigenvalue weighted by molar-refractivity contribution is 5.85. The first-order valence-corrected chi connectivity index (χ1v) is 10.3. The summed E-state index contributed by atoms with van der Waals surface area (Å²) >= 11 is 0. The van der Waals surface area contributed by atoms with Crippen LogP contribution in [0.5, 0.6) is 0 Å². The number of likely N-dealkylation sites (N-methyl/N-ethyl adjacent to an activating group) is 1. The van der Waals surface area contributed by atoms with Crippen LogP contribution in [0.2, 0.25) is 0 Å². The zero-order valence-electron chi connectivity index (χ0n) is 17.2. The van der Waals surface area contributed by atoms with Crippen LogP contribution in [0.1, 0.15) is 46.5 Å². The van der Waals surface area contributed by atoms with E-state index in [9.17, 15) is 4.79 Å². The van der Waals surface area contributed by atoms with E-state index in [1.54, 1.807) is 19.0 Å². The van der Waals surface area contributed by atoms with Crippen molar-refractivity contribution in [3.63, 3.8) is 0 Å². The summed E-state index contributed by atoms with van der Waals surface area (Å²) in [6.07, 6.45) is 5.35. The maximum atomic E-state index is 12.0. The number of hydrogen-bond acceptors (Lipinski definition) is 3. The molecule has 0 spiro atoms. The lowest BCUT2D eigenvalue weighted by molar-refractivity contribution is -0.127. The van der Waals surface area contributed by atoms with Gasteiger partial charge in [-0.25, -0.2) is 4.99 Å². The molecule has 2 aliphatic carbocycles. The van der Waals surface area contributed by atoms with Crippen LogP contribution in [0.3, 0.4) is 0 Å². The monoisotopic (exact) mass is 363 g/mol. The number of guanidine groups is 1. The molecule has 0 radical (unpaired) electrons. The van der Waals surface area contributed by atoms with Crippen LogP contribution in [0.25, 0.3) is 0 Å². The Labute approximate surface area is 158 Å². The molecular formula is C20H37N5O. The van der Waals surface area contributed by atoms with Gasteiger partial charge in [0.15, 0.2) is 5.96 Å². The zero-order chi connectivity index (χ0) is 18.8. The van der Waals surface area contributed by atoms with Crippen LogP contribution >= 0.6 is 0 Å². The zero-order valence-corrected chi connectivity index (χ0v) is 17.2. The number of nitrogens with one attached hydrogen (secondary N) is 2. The Bertz CT molecular complexity index is 532. The lowest BCUT2D eigenvalue weighted by Gasteiger charge is -2.28. The number of hydrogen-bond donors (Lipinski definition) is 2. The van der Waals surface area contributed by atoms with Crippen molar-refractivity contribution in [2.24, 2.45) is 22.7 Å². The maximum Gasteiger partial charge on any atom is 0.243 e. The summed E-state index contributed by atoms with van der Waals surface area (Å²) < 4.78 is 0. The van der Waals surface area contributed by atoms with Gasteiger partial charge in [0.1, 0.15) is 6.54 Å². The molecule has 3 aliphatic rings. The Morgan fingerprint density at radius 3 is 2.42 bits per heavy atom. The third kappa shape index (κ3) is 4.51. The molecule has 0 aromatic rings. The molecular weight excluding hydrogens is 326 g/mol. The summed E-state index contributed by atoms with van der Waals surface area (Å²) in [5.74, 6) is 3.13. The highest BCUT2D eigenvalue weighted by Gasteiger charge is 2.40. The van der Waals surface area contributed by atoms with E-state index in [0.29, 0.717) is 24.0 Å². The highest BCUT2D eigenvalue weighted by atomic mass is 16.2. The molecule has 2 bridgehead atoms. The summed E-state index contributed by atoms with van der Waals surface area (Å²) in [6, 6.07) is 1.47. The molecule has 148 valence electrons. The van der Waals surface area contributed by atoms with Crippen LogP contribution in [0, 0.1) is 17.8 Å². The Hall–Kier alpha value is -1.30. The van der Waals surface area contributed by atoms with Crippen molar-refractivity contribution in [3.05, 3.63) is 0 Å². The van der Waals surface area contributed by atoms with Crippen molar-refractivity contribution < 1.29 is 4.79 Å². The van der Waals surface area contributed by atoms with Crippen molar-refractivity contribution in [3.8, 4) is 0 Å². The molecule has 3 rings (SSSR count). The Balaban J connectivity index is 1.64. The molecule has 5 unspecified atom stereocenters. The normalized spacial score (nSPS) is 34.5. The van der Waals surface area contributed by atoms with Gasteiger partial charge in [-0.3, -0.25) is 9.69 Å². The first kappa shape index (κ1) is 19.5. The smallest absolute Gasteiger partial charge is 0.243 e. The average molecular weight is 364 g/mol. The van der Waals surface area contributed by atoms with Gasteiger partial charge < -0.3 is 15.5 Å². The second-order valence-corrected chi connectivity index (χ2v) is 9.15. The molecule has 2 saturated carbocycles. The Morgan fingerprint density at radius 2 is 1.88 bits per heavy atom. The number of amides is 1. The van der Waals surface area contributed by atoms with Gasteiger partial charge in [0.2, 0.25) is 5.91 Å². The fraction of sp³-hybridized carbons (Fsp3) is 0.900. The van der Waals surface area contributed by atoms with E-state index in [0.717, 1.165) is 30.9 Å². The van der Waals surface area contributed by atoms with Gasteiger partial charge in [-0.1, -0.05) is 13.3 Å². The minimum Gasteiger partial charge on any atom is -0.353 e. The van der Waals surface area contributed by atoms with Gasteiger partial charge in [-0.2, -0.15) is 0 Å². The first-order chi connectivity index (χ1) is 12.3. The Kier molecular flexibility index (Phi) is 6.10. The van der Waals surface area contributed by atoms with Crippen LogP contribution < -0.4 is 10.6 Å². The van der Waals surface area contributed by atoms with Crippen LogP contribution in [0.15, 0.2) is 4.99 Å². The fourth-order valence-electron chi connectivity index (χ4n) is 4.81. The molecule has 0 aromatic carbocycles. The second kappa shape index (κ2) is 8.15. The number of nitrogens with zero attached hydrogens (tertiary/aromatic N) is 3.